The lowest BCUT2D eigenvalue weighted by atomic mass is 10.0. The Morgan fingerprint density at radius 3 is 1.50 bits per heavy atom. The van der Waals surface area contributed by atoms with E-state index < -0.39 is 0 Å². The maximum Gasteiger partial charge on any atom is 0.0314 e. The molecule has 22 heavy (non-hydrogen) atoms. The first-order chi connectivity index (χ1) is 10.3. The number of halogens is 1. The standard InChI is InChI=1S/C20H35N.ClH/c1-2-3-4-5-6-7-8-9-10-11-12-13-14-19-15-17-20(21)18-16-19;/h15-18H,2-14,21H2,1H3;1H. The number of hydrogen-bond donors (Lipinski definition) is 1. The summed E-state index contributed by atoms with van der Waals surface area (Å²) in [5.41, 5.74) is 7.99. The summed E-state index contributed by atoms with van der Waals surface area (Å²) in [5, 5.41) is 0. The molecule has 128 valence electrons. The summed E-state index contributed by atoms with van der Waals surface area (Å²) in [6.45, 7) is 2.28. The molecule has 0 aromatic heterocycles. The second-order valence-corrected chi connectivity index (χ2v) is 6.38. The second-order valence-electron chi connectivity index (χ2n) is 6.38. The molecule has 0 fully saturated rings. The van der Waals surface area contributed by atoms with Crippen molar-refractivity contribution in [3.05, 3.63) is 29.8 Å². The first kappa shape index (κ1) is 21.3. The molecular formula is C20H36ClN. The number of benzene rings is 1. The number of nitrogen functional groups attached to an aromatic ring is 1. The van der Waals surface area contributed by atoms with E-state index in [0.717, 1.165) is 5.69 Å². The number of anilines is 1. The summed E-state index contributed by atoms with van der Waals surface area (Å²) >= 11 is 0. The molecule has 0 saturated carbocycles. The van der Waals surface area contributed by atoms with E-state index in [0.29, 0.717) is 0 Å². The normalized spacial score (nSPS) is 10.4. The molecule has 0 bridgehead atoms. The molecule has 0 aliphatic heterocycles. The van der Waals surface area contributed by atoms with Gasteiger partial charge in [-0.25, -0.2) is 0 Å². The molecule has 0 aliphatic carbocycles. The molecule has 0 spiro atoms. The highest BCUT2D eigenvalue weighted by molar-refractivity contribution is 5.85. The molecule has 0 radical (unpaired) electrons. The molecular weight excluding hydrogens is 290 g/mol. The Hall–Kier alpha value is -0.690. The minimum Gasteiger partial charge on any atom is -0.399 e. The van der Waals surface area contributed by atoms with Gasteiger partial charge in [0.1, 0.15) is 0 Å². The molecule has 0 unspecified atom stereocenters. The van der Waals surface area contributed by atoms with E-state index in [1.807, 2.05) is 12.1 Å². The minimum atomic E-state index is 0. The van der Waals surface area contributed by atoms with Crippen LogP contribution in [-0.4, -0.2) is 0 Å². The molecule has 1 aromatic carbocycles. The van der Waals surface area contributed by atoms with Gasteiger partial charge in [0.05, 0.1) is 0 Å². The van der Waals surface area contributed by atoms with Gasteiger partial charge in [-0.15, -0.1) is 12.4 Å². The fraction of sp³-hybridized carbons (Fsp3) is 0.700. The highest BCUT2D eigenvalue weighted by Crippen LogP contribution is 2.13. The zero-order chi connectivity index (χ0) is 15.2. The van der Waals surface area contributed by atoms with E-state index in [9.17, 15) is 0 Å². The highest BCUT2D eigenvalue weighted by atomic mass is 35.5. The summed E-state index contributed by atoms with van der Waals surface area (Å²) in [6.07, 6.45) is 18.2. The molecule has 2 N–H and O–H groups in total. The van der Waals surface area contributed by atoms with Gasteiger partial charge in [0.25, 0.3) is 0 Å². The van der Waals surface area contributed by atoms with E-state index in [4.69, 9.17) is 5.73 Å². The van der Waals surface area contributed by atoms with Crippen LogP contribution in [0.5, 0.6) is 0 Å². The van der Waals surface area contributed by atoms with Crippen molar-refractivity contribution in [3.63, 3.8) is 0 Å². The topological polar surface area (TPSA) is 26.0 Å². The second kappa shape index (κ2) is 15.2. The lowest BCUT2D eigenvalue weighted by Gasteiger charge is -2.04. The third-order valence-corrected chi connectivity index (χ3v) is 4.30. The Morgan fingerprint density at radius 1 is 0.636 bits per heavy atom. The van der Waals surface area contributed by atoms with E-state index in [2.05, 4.69) is 19.1 Å². The largest absolute Gasteiger partial charge is 0.399 e. The number of aryl methyl sites for hydroxylation is 1. The van der Waals surface area contributed by atoms with Gasteiger partial charge in [0.15, 0.2) is 0 Å². The molecule has 1 aromatic rings. The van der Waals surface area contributed by atoms with Gasteiger partial charge in [-0.2, -0.15) is 0 Å². The van der Waals surface area contributed by atoms with Crippen LogP contribution in [0.1, 0.15) is 89.5 Å². The molecule has 2 heteroatoms. The summed E-state index contributed by atoms with van der Waals surface area (Å²) < 4.78 is 0. The molecule has 1 nitrogen and oxygen atoms in total. The lowest BCUT2D eigenvalue weighted by Crippen LogP contribution is -1.88. The molecule has 0 amide bonds. The lowest BCUT2D eigenvalue weighted by molar-refractivity contribution is 0.544. The Labute approximate surface area is 144 Å². The average molecular weight is 326 g/mol. The summed E-state index contributed by atoms with van der Waals surface area (Å²) in [5.74, 6) is 0. The first-order valence-corrected chi connectivity index (χ1v) is 9.17. The number of hydrogen-bond acceptors (Lipinski definition) is 1. The van der Waals surface area contributed by atoms with Gasteiger partial charge >= 0.3 is 0 Å². The van der Waals surface area contributed by atoms with Crippen LogP contribution in [0.2, 0.25) is 0 Å². The van der Waals surface area contributed by atoms with Gasteiger partial charge in [0.2, 0.25) is 0 Å². The van der Waals surface area contributed by atoms with Crippen molar-refractivity contribution in [1.82, 2.24) is 0 Å². The van der Waals surface area contributed by atoms with E-state index in [1.165, 1.54) is 89.0 Å². The fourth-order valence-corrected chi connectivity index (χ4v) is 2.85. The van der Waals surface area contributed by atoms with Crippen LogP contribution in [0.25, 0.3) is 0 Å². The Bertz CT molecular complexity index is 334. The van der Waals surface area contributed by atoms with Crippen LogP contribution >= 0.6 is 12.4 Å². The van der Waals surface area contributed by atoms with Crippen molar-refractivity contribution < 1.29 is 0 Å². The Morgan fingerprint density at radius 2 is 1.05 bits per heavy atom. The predicted octanol–water partition coefficient (Wildman–Crippen LogP) is 6.93. The highest BCUT2D eigenvalue weighted by Gasteiger charge is 1.95. The van der Waals surface area contributed by atoms with Gasteiger partial charge in [-0.1, -0.05) is 89.7 Å². The monoisotopic (exact) mass is 325 g/mol. The SMILES string of the molecule is CCCCCCCCCCCCCCc1ccc(N)cc1.Cl. The van der Waals surface area contributed by atoms with Crippen molar-refractivity contribution in [2.24, 2.45) is 0 Å². The van der Waals surface area contributed by atoms with Crippen molar-refractivity contribution in [1.29, 1.82) is 0 Å². The summed E-state index contributed by atoms with van der Waals surface area (Å²) in [4.78, 5) is 0. The fourth-order valence-electron chi connectivity index (χ4n) is 2.85. The minimum absolute atomic E-state index is 0. The van der Waals surface area contributed by atoms with Crippen molar-refractivity contribution >= 4 is 18.1 Å². The molecule has 0 saturated heterocycles. The molecule has 0 atom stereocenters. The first-order valence-electron chi connectivity index (χ1n) is 9.17. The predicted molar refractivity (Wildman–Crippen MR) is 103 cm³/mol. The van der Waals surface area contributed by atoms with Crippen molar-refractivity contribution in [3.8, 4) is 0 Å². The van der Waals surface area contributed by atoms with Gasteiger partial charge < -0.3 is 5.73 Å². The maximum atomic E-state index is 5.69. The Kier molecular flexibility index (Phi) is 14.7. The molecule has 0 aliphatic rings. The smallest absolute Gasteiger partial charge is 0.0314 e. The van der Waals surface area contributed by atoms with Crippen LogP contribution < -0.4 is 5.73 Å². The molecule has 0 heterocycles. The third kappa shape index (κ3) is 11.9. The van der Waals surface area contributed by atoms with Crippen LogP contribution in [0.4, 0.5) is 5.69 Å². The Balaban J connectivity index is 0.00000441. The number of rotatable bonds is 13. The average Bonchev–Trinajstić information content (AvgIpc) is 2.50. The summed E-state index contributed by atoms with van der Waals surface area (Å²) in [7, 11) is 0. The van der Waals surface area contributed by atoms with E-state index >= 15 is 0 Å². The van der Waals surface area contributed by atoms with E-state index in [-0.39, 0.29) is 12.4 Å². The van der Waals surface area contributed by atoms with Gasteiger partial charge in [-0.3, -0.25) is 0 Å². The quantitative estimate of drug-likeness (QED) is 0.308. The van der Waals surface area contributed by atoms with Gasteiger partial charge in [-0.05, 0) is 30.5 Å². The van der Waals surface area contributed by atoms with E-state index in [1.54, 1.807) is 0 Å². The number of unbranched alkanes of at least 4 members (excludes halogenated alkanes) is 11. The summed E-state index contributed by atoms with van der Waals surface area (Å²) in [6, 6.07) is 8.34. The van der Waals surface area contributed by atoms with Crippen LogP contribution in [0, 0.1) is 0 Å². The zero-order valence-electron chi connectivity index (χ0n) is 14.5. The van der Waals surface area contributed by atoms with Crippen LogP contribution in [-0.2, 0) is 6.42 Å². The van der Waals surface area contributed by atoms with Crippen LogP contribution in [0.3, 0.4) is 0 Å². The third-order valence-electron chi connectivity index (χ3n) is 4.30. The molecule has 1 rings (SSSR count). The van der Waals surface area contributed by atoms with Crippen LogP contribution in [0.15, 0.2) is 24.3 Å². The van der Waals surface area contributed by atoms with Crippen molar-refractivity contribution in [2.45, 2.75) is 90.4 Å². The van der Waals surface area contributed by atoms with Gasteiger partial charge in [0, 0.05) is 5.69 Å². The maximum absolute atomic E-state index is 5.69. The van der Waals surface area contributed by atoms with Crippen molar-refractivity contribution in [2.75, 3.05) is 5.73 Å². The number of nitrogens with two attached hydrogens (primary N) is 1. The zero-order valence-corrected chi connectivity index (χ0v) is 15.3.